The smallest absolute Gasteiger partial charge is 0.271 e. The first-order chi connectivity index (χ1) is 20.9. The second-order valence-corrected chi connectivity index (χ2v) is 10.2. The van der Waals surface area contributed by atoms with E-state index in [9.17, 15) is 14.9 Å². The summed E-state index contributed by atoms with van der Waals surface area (Å²) in [5.41, 5.74) is 5.61. The number of rotatable bonds is 10. The number of aromatic nitrogens is 2. The molecular weight excluding hydrogens is 540 g/mol. The van der Waals surface area contributed by atoms with Gasteiger partial charge in [0.15, 0.2) is 0 Å². The second kappa shape index (κ2) is 13.1. The third-order valence-corrected chi connectivity index (χ3v) is 7.30. The fourth-order valence-electron chi connectivity index (χ4n) is 4.98. The minimum atomic E-state index is -0.583. The Morgan fingerprint density at radius 1 is 0.953 bits per heavy atom. The van der Waals surface area contributed by atoms with E-state index in [0.717, 1.165) is 33.0 Å². The van der Waals surface area contributed by atoms with Crippen molar-refractivity contribution in [3.8, 4) is 28.8 Å². The van der Waals surface area contributed by atoms with Gasteiger partial charge in [-0.3, -0.25) is 14.5 Å². The Bertz CT molecular complexity index is 1750. The first-order valence-corrected chi connectivity index (χ1v) is 14.0. The van der Waals surface area contributed by atoms with E-state index < -0.39 is 11.8 Å². The fraction of sp³-hybridized carbons (Fsp3) is 0.200. The van der Waals surface area contributed by atoms with Crippen LogP contribution in [0.2, 0.25) is 0 Å². The molecule has 8 heteroatoms. The molecule has 8 nitrogen and oxygen atoms in total. The third-order valence-electron chi connectivity index (χ3n) is 7.30. The summed E-state index contributed by atoms with van der Waals surface area (Å²) in [6.07, 6.45) is 4.04. The number of imide groups is 1. The predicted octanol–water partition coefficient (Wildman–Crippen LogP) is 6.06. The molecule has 3 aromatic carbocycles. The summed E-state index contributed by atoms with van der Waals surface area (Å²) in [6.45, 7) is 4.61. The van der Waals surface area contributed by atoms with E-state index in [-0.39, 0.29) is 17.7 Å². The van der Waals surface area contributed by atoms with Crippen molar-refractivity contribution in [1.29, 1.82) is 5.26 Å². The Kier molecular flexibility index (Phi) is 8.94. The van der Waals surface area contributed by atoms with Crippen LogP contribution >= 0.6 is 0 Å². The van der Waals surface area contributed by atoms with Gasteiger partial charge in [0.25, 0.3) is 11.8 Å². The van der Waals surface area contributed by atoms with E-state index in [1.807, 2.05) is 98.1 Å². The molecule has 0 N–H and O–H groups in total. The van der Waals surface area contributed by atoms with Crippen molar-refractivity contribution in [1.82, 2.24) is 14.7 Å². The number of ether oxygens (including phenoxy) is 2. The number of amides is 2. The van der Waals surface area contributed by atoms with Gasteiger partial charge in [-0.1, -0.05) is 48.5 Å². The number of carbonyl (C=O) groups excluding carboxylic acids is 2. The quantitative estimate of drug-likeness (QED) is 0.130. The molecule has 2 heterocycles. The lowest BCUT2D eigenvalue weighted by molar-refractivity contribution is -0.140. The highest BCUT2D eigenvalue weighted by molar-refractivity contribution is 6.19. The van der Waals surface area contributed by atoms with Gasteiger partial charge < -0.3 is 9.47 Å². The van der Waals surface area contributed by atoms with E-state index in [4.69, 9.17) is 14.6 Å². The van der Waals surface area contributed by atoms with Gasteiger partial charge in [-0.05, 0) is 73.4 Å². The van der Waals surface area contributed by atoms with E-state index in [1.165, 1.54) is 0 Å². The summed E-state index contributed by atoms with van der Waals surface area (Å²) in [7, 11) is 1.56. The molecule has 0 aliphatic carbocycles. The van der Waals surface area contributed by atoms with Gasteiger partial charge in [0.1, 0.15) is 24.0 Å². The monoisotopic (exact) mass is 572 g/mol. The van der Waals surface area contributed by atoms with Crippen LogP contribution in [-0.4, -0.2) is 46.8 Å². The molecule has 0 unspecified atom stereocenters. The summed E-state index contributed by atoms with van der Waals surface area (Å²) >= 11 is 0. The topological polar surface area (TPSA) is 97.5 Å². The number of nitrogens with zero attached hydrogens (tertiary/aromatic N) is 4. The molecular formula is C35H32N4O4. The molecule has 216 valence electrons. The van der Waals surface area contributed by atoms with Gasteiger partial charge >= 0.3 is 0 Å². The maximum Gasteiger partial charge on any atom is 0.271 e. The van der Waals surface area contributed by atoms with Gasteiger partial charge in [-0.2, -0.15) is 10.4 Å². The molecule has 0 saturated heterocycles. The lowest BCUT2D eigenvalue weighted by Crippen LogP contribution is -2.43. The largest absolute Gasteiger partial charge is 0.489 e. The number of carbonyl (C=O) groups is 2. The normalized spacial score (nSPS) is 14.4. The number of methoxy groups -OCH3 is 1. The van der Waals surface area contributed by atoms with Crippen molar-refractivity contribution in [2.75, 3.05) is 20.3 Å². The highest BCUT2D eigenvalue weighted by atomic mass is 16.5. The van der Waals surface area contributed by atoms with Crippen LogP contribution in [0.4, 0.5) is 0 Å². The Hall–Kier alpha value is -5.26. The number of benzene rings is 3. The Balaban J connectivity index is 1.56. The summed E-state index contributed by atoms with van der Waals surface area (Å²) in [6, 6.07) is 27.5. The van der Waals surface area contributed by atoms with Crippen molar-refractivity contribution in [3.63, 3.8) is 0 Å². The van der Waals surface area contributed by atoms with Crippen LogP contribution < -0.4 is 4.74 Å². The maximum absolute atomic E-state index is 13.6. The van der Waals surface area contributed by atoms with Crippen LogP contribution in [0.5, 0.6) is 5.75 Å². The molecule has 0 fully saturated rings. The zero-order valence-corrected chi connectivity index (χ0v) is 24.4. The van der Waals surface area contributed by atoms with Crippen molar-refractivity contribution >= 4 is 17.9 Å². The molecule has 0 atom stereocenters. The summed E-state index contributed by atoms with van der Waals surface area (Å²) in [4.78, 5) is 27.7. The van der Waals surface area contributed by atoms with Crippen LogP contribution in [-0.2, 0) is 20.9 Å². The third kappa shape index (κ3) is 6.32. The first kappa shape index (κ1) is 29.2. The summed E-state index contributed by atoms with van der Waals surface area (Å²) < 4.78 is 13.0. The SMILES string of the molecule is COCCCN1C(=O)C(C#N)=C(C)/C(=C\c2cn(-c3ccccc3)nc2-c2ccc(OCc3ccccc3)c(C)c2)C1=O. The Morgan fingerprint density at radius 3 is 2.35 bits per heavy atom. The first-order valence-electron chi connectivity index (χ1n) is 14.0. The number of nitriles is 1. The number of hydrogen-bond donors (Lipinski definition) is 0. The van der Waals surface area contributed by atoms with Gasteiger partial charge in [0.05, 0.1) is 11.4 Å². The van der Waals surface area contributed by atoms with Gasteiger partial charge in [0, 0.05) is 43.2 Å². The zero-order chi connectivity index (χ0) is 30.3. The molecule has 43 heavy (non-hydrogen) atoms. The van der Waals surface area contributed by atoms with Crippen LogP contribution in [0, 0.1) is 18.3 Å². The molecule has 4 aromatic rings. The second-order valence-electron chi connectivity index (χ2n) is 10.2. The maximum atomic E-state index is 13.6. The molecule has 1 aliphatic heterocycles. The highest BCUT2D eigenvalue weighted by Crippen LogP contribution is 2.33. The van der Waals surface area contributed by atoms with Gasteiger partial charge in [0.2, 0.25) is 0 Å². The summed E-state index contributed by atoms with van der Waals surface area (Å²) in [5, 5.41) is 14.7. The Morgan fingerprint density at radius 2 is 1.67 bits per heavy atom. The van der Waals surface area contributed by atoms with E-state index >= 15 is 0 Å². The van der Waals surface area contributed by atoms with Crippen LogP contribution in [0.15, 0.2) is 102 Å². The van der Waals surface area contributed by atoms with Crippen LogP contribution in [0.3, 0.4) is 0 Å². The zero-order valence-electron chi connectivity index (χ0n) is 24.4. The minimum Gasteiger partial charge on any atom is -0.489 e. The Labute approximate surface area is 251 Å². The van der Waals surface area contributed by atoms with Crippen molar-refractivity contribution in [3.05, 3.63) is 118 Å². The lowest BCUT2D eigenvalue weighted by Gasteiger charge is -2.27. The number of aryl methyl sites for hydroxylation is 1. The predicted molar refractivity (Wildman–Crippen MR) is 164 cm³/mol. The molecule has 5 rings (SSSR count). The fourth-order valence-corrected chi connectivity index (χ4v) is 4.98. The highest BCUT2D eigenvalue weighted by Gasteiger charge is 2.35. The molecule has 0 radical (unpaired) electrons. The molecule has 1 aromatic heterocycles. The average molecular weight is 573 g/mol. The standard InChI is InChI=1S/C35H32N4O4/c1-24-19-27(15-16-32(24)43-23-26-11-6-4-7-12-26)33-28(22-39(37-33)29-13-8-5-9-14-29)20-30-25(2)31(21-36)35(41)38(34(30)40)17-10-18-42-3/h4-9,11-16,19-20,22H,10,17-18,23H2,1-3H3/b30-20+. The van der Waals surface area contributed by atoms with E-state index in [0.29, 0.717) is 36.5 Å². The number of hydrogen-bond acceptors (Lipinski definition) is 6. The van der Waals surface area contributed by atoms with Crippen molar-refractivity contribution in [2.24, 2.45) is 0 Å². The van der Waals surface area contributed by atoms with E-state index in [2.05, 4.69) is 0 Å². The van der Waals surface area contributed by atoms with Crippen LogP contribution in [0.25, 0.3) is 23.0 Å². The molecule has 0 bridgehead atoms. The molecule has 0 spiro atoms. The molecule has 2 amide bonds. The number of para-hydroxylation sites is 1. The molecule has 1 aliphatic rings. The van der Waals surface area contributed by atoms with Crippen molar-refractivity contribution in [2.45, 2.75) is 26.9 Å². The van der Waals surface area contributed by atoms with Gasteiger partial charge in [-0.15, -0.1) is 0 Å². The summed E-state index contributed by atoms with van der Waals surface area (Å²) in [5.74, 6) is -0.267. The van der Waals surface area contributed by atoms with Crippen LogP contribution in [0.1, 0.15) is 30.0 Å². The molecule has 0 saturated carbocycles. The van der Waals surface area contributed by atoms with Crippen molar-refractivity contribution < 1.29 is 19.1 Å². The lowest BCUT2D eigenvalue weighted by atomic mass is 9.93. The minimum absolute atomic E-state index is 0.0453. The van der Waals surface area contributed by atoms with E-state index in [1.54, 1.807) is 24.8 Å². The average Bonchev–Trinajstić information content (AvgIpc) is 3.45. The van der Waals surface area contributed by atoms with Gasteiger partial charge in [-0.25, -0.2) is 4.68 Å².